The van der Waals surface area contributed by atoms with Crippen molar-refractivity contribution in [3.63, 3.8) is 0 Å². The first-order valence-electron chi connectivity index (χ1n) is 7.99. The zero-order valence-electron chi connectivity index (χ0n) is 14.4. The van der Waals surface area contributed by atoms with E-state index in [4.69, 9.17) is 4.74 Å². The van der Waals surface area contributed by atoms with Crippen LogP contribution in [0, 0.1) is 5.92 Å². The molecule has 1 unspecified atom stereocenters. The van der Waals surface area contributed by atoms with Crippen molar-refractivity contribution >= 4 is 29.9 Å². The summed E-state index contributed by atoms with van der Waals surface area (Å²) >= 11 is 0. The average Bonchev–Trinajstić information content (AvgIpc) is 3.08. The minimum absolute atomic E-state index is 0. The van der Waals surface area contributed by atoms with Crippen molar-refractivity contribution < 1.29 is 14.3 Å². The Balaban J connectivity index is 0.00000288. The Bertz CT molecular complexity index is 574. The fourth-order valence-electron chi connectivity index (χ4n) is 2.70. The van der Waals surface area contributed by atoms with Crippen molar-refractivity contribution in [1.82, 2.24) is 10.2 Å². The molecule has 1 aromatic carbocycles. The van der Waals surface area contributed by atoms with Gasteiger partial charge in [-0.1, -0.05) is 6.92 Å². The van der Waals surface area contributed by atoms with Gasteiger partial charge < -0.3 is 20.3 Å². The van der Waals surface area contributed by atoms with Crippen LogP contribution in [0.5, 0.6) is 5.75 Å². The highest BCUT2D eigenvalue weighted by Crippen LogP contribution is 2.27. The van der Waals surface area contributed by atoms with Crippen LogP contribution in [0.25, 0.3) is 0 Å². The number of carbonyl (C=O) groups is 2. The molecule has 1 aromatic rings. The van der Waals surface area contributed by atoms with E-state index in [9.17, 15) is 9.59 Å². The molecular weight excluding hydrogens is 330 g/mol. The van der Waals surface area contributed by atoms with Crippen LogP contribution in [0.15, 0.2) is 18.2 Å². The zero-order chi connectivity index (χ0) is 16.8. The molecule has 0 radical (unpaired) electrons. The SMILES string of the molecule is CNCC(C)C(=O)Nc1cc(C(=O)N2CCCC2)ccc1OC.Cl. The summed E-state index contributed by atoms with van der Waals surface area (Å²) in [5.74, 6) is 0.267. The molecule has 6 nitrogen and oxygen atoms in total. The van der Waals surface area contributed by atoms with Crippen molar-refractivity contribution in [3.8, 4) is 5.75 Å². The third-order valence-corrected chi connectivity index (χ3v) is 4.06. The van der Waals surface area contributed by atoms with Gasteiger partial charge in [0, 0.05) is 31.1 Å². The van der Waals surface area contributed by atoms with E-state index < -0.39 is 0 Å². The average molecular weight is 356 g/mol. The number of likely N-dealkylation sites (tertiary alicyclic amines) is 1. The maximum atomic E-state index is 12.5. The Morgan fingerprint density at radius 3 is 2.54 bits per heavy atom. The van der Waals surface area contributed by atoms with Crippen LogP contribution in [0.4, 0.5) is 5.69 Å². The highest BCUT2D eigenvalue weighted by atomic mass is 35.5. The number of hydrogen-bond donors (Lipinski definition) is 2. The number of amides is 2. The van der Waals surface area contributed by atoms with E-state index in [0.29, 0.717) is 23.5 Å². The molecule has 2 N–H and O–H groups in total. The molecule has 24 heavy (non-hydrogen) atoms. The van der Waals surface area contributed by atoms with Gasteiger partial charge in [-0.2, -0.15) is 0 Å². The van der Waals surface area contributed by atoms with Crippen molar-refractivity contribution in [3.05, 3.63) is 23.8 Å². The Morgan fingerprint density at radius 2 is 1.96 bits per heavy atom. The molecule has 7 heteroatoms. The van der Waals surface area contributed by atoms with Crippen LogP contribution in [0.3, 0.4) is 0 Å². The number of benzene rings is 1. The monoisotopic (exact) mass is 355 g/mol. The lowest BCUT2D eigenvalue weighted by Gasteiger charge is -2.18. The van der Waals surface area contributed by atoms with E-state index in [0.717, 1.165) is 25.9 Å². The van der Waals surface area contributed by atoms with Gasteiger partial charge in [-0.15, -0.1) is 12.4 Å². The van der Waals surface area contributed by atoms with Crippen molar-refractivity contribution in [2.45, 2.75) is 19.8 Å². The molecule has 0 saturated carbocycles. The van der Waals surface area contributed by atoms with Crippen LogP contribution in [-0.4, -0.2) is 50.5 Å². The smallest absolute Gasteiger partial charge is 0.253 e. The third-order valence-electron chi connectivity index (χ3n) is 4.06. The van der Waals surface area contributed by atoms with Gasteiger partial charge in [0.25, 0.3) is 5.91 Å². The van der Waals surface area contributed by atoms with Crippen LogP contribution in [0.2, 0.25) is 0 Å². The van der Waals surface area contributed by atoms with Crippen LogP contribution < -0.4 is 15.4 Å². The first kappa shape index (κ1) is 20.3. The molecule has 2 amide bonds. The highest BCUT2D eigenvalue weighted by Gasteiger charge is 2.21. The van der Waals surface area contributed by atoms with Gasteiger partial charge in [-0.3, -0.25) is 9.59 Å². The predicted molar refractivity (Wildman–Crippen MR) is 97.1 cm³/mol. The standard InChI is InChI=1S/C17H25N3O3.ClH/c1-12(11-18-2)16(21)19-14-10-13(6-7-15(14)23-3)17(22)20-8-4-5-9-20;/h6-7,10,12,18H,4-5,8-9,11H2,1-3H3,(H,19,21);1H. The number of methoxy groups -OCH3 is 1. The molecule has 1 aliphatic heterocycles. The quantitative estimate of drug-likeness (QED) is 0.820. The van der Waals surface area contributed by atoms with Crippen LogP contribution in [0.1, 0.15) is 30.1 Å². The number of carbonyl (C=O) groups excluding carboxylic acids is 2. The molecule has 0 spiro atoms. The summed E-state index contributed by atoms with van der Waals surface area (Å²) in [6.45, 7) is 4.02. The lowest BCUT2D eigenvalue weighted by Crippen LogP contribution is -2.29. The predicted octanol–water partition coefficient (Wildman–Crippen LogP) is 2.15. The van der Waals surface area contributed by atoms with Gasteiger partial charge in [0.15, 0.2) is 0 Å². The van der Waals surface area contributed by atoms with Crippen LogP contribution >= 0.6 is 12.4 Å². The van der Waals surface area contributed by atoms with Crippen molar-refractivity contribution in [2.75, 3.05) is 39.1 Å². The number of anilines is 1. The number of rotatable bonds is 6. The first-order chi connectivity index (χ1) is 11.1. The zero-order valence-corrected chi connectivity index (χ0v) is 15.2. The fraction of sp³-hybridized carbons (Fsp3) is 0.529. The van der Waals surface area contributed by atoms with Crippen molar-refractivity contribution in [2.24, 2.45) is 5.92 Å². The van der Waals surface area contributed by atoms with E-state index >= 15 is 0 Å². The number of ether oxygens (including phenoxy) is 1. The Labute approximate surface area is 149 Å². The molecule has 1 atom stereocenters. The fourth-order valence-corrected chi connectivity index (χ4v) is 2.70. The third kappa shape index (κ3) is 4.85. The number of nitrogens with one attached hydrogen (secondary N) is 2. The number of nitrogens with zero attached hydrogens (tertiary/aromatic N) is 1. The minimum atomic E-state index is -0.178. The maximum absolute atomic E-state index is 12.5. The number of halogens is 1. The molecule has 1 fully saturated rings. The largest absolute Gasteiger partial charge is 0.495 e. The second kappa shape index (κ2) is 9.49. The molecule has 0 bridgehead atoms. The lowest BCUT2D eigenvalue weighted by atomic mass is 10.1. The highest BCUT2D eigenvalue weighted by molar-refractivity contribution is 5.99. The molecule has 134 valence electrons. The lowest BCUT2D eigenvalue weighted by molar-refractivity contribution is -0.119. The molecular formula is C17H26ClN3O3. The summed E-state index contributed by atoms with van der Waals surface area (Å²) < 4.78 is 5.29. The Hall–Kier alpha value is -1.79. The Kier molecular flexibility index (Phi) is 8.01. The minimum Gasteiger partial charge on any atom is -0.495 e. The summed E-state index contributed by atoms with van der Waals surface area (Å²) in [5.41, 5.74) is 1.11. The number of hydrogen-bond acceptors (Lipinski definition) is 4. The summed E-state index contributed by atoms with van der Waals surface area (Å²) in [4.78, 5) is 26.5. The summed E-state index contributed by atoms with van der Waals surface area (Å²) in [7, 11) is 3.35. The first-order valence-corrected chi connectivity index (χ1v) is 7.99. The normalized spacial score (nSPS) is 14.7. The molecule has 0 aliphatic carbocycles. The van der Waals surface area contributed by atoms with Gasteiger partial charge in [0.1, 0.15) is 5.75 Å². The van der Waals surface area contributed by atoms with Crippen molar-refractivity contribution in [1.29, 1.82) is 0 Å². The molecule has 1 aliphatic rings. The second-order valence-electron chi connectivity index (χ2n) is 5.86. The molecule has 1 heterocycles. The van der Waals surface area contributed by atoms with Crippen LogP contribution in [-0.2, 0) is 4.79 Å². The van der Waals surface area contributed by atoms with E-state index in [2.05, 4.69) is 10.6 Å². The van der Waals surface area contributed by atoms with Gasteiger partial charge in [0.2, 0.25) is 5.91 Å². The maximum Gasteiger partial charge on any atom is 0.253 e. The molecule has 1 saturated heterocycles. The van der Waals surface area contributed by atoms with Gasteiger partial charge in [-0.05, 0) is 38.1 Å². The molecule has 0 aromatic heterocycles. The van der Waals surface area contributed by atoms with Gasteiger partial charge >= 0.3 is 0 Å². The summed E-state index contributed by atoms with van der Waals surface area (Å²) in [6.07, 6.45) is 2.10. The topological polar surface area (TPSA) is 70.7 Å². The van der Waals surface area contributed by atoms with E-state index in [-0.39, 0.29) is 30.1 Å². The van der Waals surface area contributed by atoms with E-state index in [1.165, 1.54) is 0 Å². The van der Waals surface area contributed by atoms with Gasteiger partial charge in [-0.25, -0.2) is 0 Å². The summed E-state index contributed by atoms with van der Waals surface area (Å²) in [6, 6.07) is 5.16. The van der Waals surface area contributed by atoms with Gasteiger partial charge in [0.05, 0.1) is 12.8 Å². The summed E-state index contributed by atoms with van der Waals surface area (Å²) in [5, 5.41) is 5.83. The van der Waals surface area contributed by atoms with E-state index in [1.54, 1.807) is 32.4 Å². The second-order valence-corrected chi connectivity index (χ2v) is 5.86. The molecule has 2 rings (SSSR count). The Morgan fingerprint density at radius 1 is 1.29 bits per heavy atom. The van der Waals surface area contributed by atoms with E-state index in [1.807, 2.05) is 11.8 Å².